The normalized spacial score (nSPS) is 32.1. The third-order valence-corrected chi connectivity index (χ3v) is 6.70. The molecule has 4 nitrogen and oxygen atoms in total. The summed E-state index contributed by atoms with van der Waals surface area (Å²) in [5.41, 5.74) is 3.23. The number of thioether (sulfide) groups is 1. The van der Waals surface area contributed by atoms with E-state index in [4.69, 9.17) is 15.3 Å². The fourth-order valence-electron chi connectivity index (χ4n) is 4.24. The summed E-state index contributed by atoms with van der Waals surface area (Å²) < 4.78 is 11.7. The van der Waals surface area contributed by atoms with Crippen LogP contribution < -0.4 is 11.3 Å². The lowest BCUT2D eigenvalue weighted by atomic mass is 9.75. The zero-order chi connectivity index (χ0) is 14.5. The van der Waals surface area contributed by atoms with E-state index in [0.717, 1.165) is 51.4 Å². The highest BCUT2D eigenvalue weighted by atomic mass is 32.2. The summed E-state index contributed by atoms with van der Waals surface area (Å²) in [4.78, 5) is 0. The molecule has 0 saturated carbocycles. The van der Waals surface area contributed by atoms with Crippen molar-refractivity contribution in [1.82, 2.24) is 5.43 Å². The molecule has 3 rings (SSSR count). The number of rotatable bonds is 4. The minimum absolute atomic E-state index is 0.0820. The van der Waals surface area contributed by atoms with Gasteiger partial charge >= 0.3 is 0 Å². The first-order valence-electron chi connectivity index (χ1n) is 8.57. The van der Waals surface area contributed by atoms with Gasteiger partial charge in [0.2, 0.25) is 0 Å². The molecule has 122 valence electrons. The topological polar surface area (TPSA) is 56.5 Å². The van der Waals surface area contributed by atoms with Crippen LogP contribution in [0.2, 0.25) is 0 Å². The van der Waals surface area contributed by atoms with Crippen LogP contribution in [0, 0.1) is 11.8 Å². The van der Waals surface area contributed by atoms with Crippen molar-refractivity contribution in [2.45, 2.75) is 56.6 Å². The maximum Gasteiger partial charge on any atom is 0.0729 e. The molecule has 3 aliphatic heterocycles. The van der Waals surface area contributed by atoms with Gasteiger partial charge in [-0.3, -0.25) is 11.3 Å². The largest absolute Gasteiger partial charge is 0.381 e. The van der Waals surface area contributed by atoms with E-state index < -0.39 is 0 Å². The van der Waals surface area contributed by atoms with Crippen LogP contribution in [0.5, 0.6) is 0 Å². The van der Waals surface area contributed by atoms with Crippen LogP contribution >= 0.6 is 11.8 Å². The maximum absolute atomic E-state index is 6.17. The van der Waals surface area contributed by atoms with Gasteiger partial charge in [-0.2, -0.15) is 11.8 Å². The molecule has 3 aliphatic rings. The number of ether oxygens (including phenoxy) is 2. The van der Waals surface area contributed by atoms with Crippen molar-refractivity contribution in [3.63, 3.8) is 0 Å². The molecule has 3 fully saturated rings. The van der Waals surface area contributed by atoms with Crippen LogP contribution in [-0.2, 0) is 9.47 Å². The smallest absolute Gasteiger partial charge is 0.0729 e. The van der Waals surface area contributed by atoms with Gasteiger partial charge in [0.15, 0.2) is 0 Å². The average Bonchev–Trinajstić information content (AvgIpc) is 2.54. The highest BCUT2D eigenvalue weighted by molar-refractivity contribution is 7.99. The second kappa shape index (κ2) is 7.64. The quantitative estimate of drug-likeness (QED) is 0.616. The van der Waals surface area contributed by atoms with Crippen molar-refractivity contribution < 1.29 is 9.47 Å². The number of hydrogen-bond acceptors (Lipinski definition) is 5. The third kappa shape index (κ3) is 4.14. The Bertz CT molecular complexity index is 312. The van der Waals surface area contributed by atoms with Gasteiger partial charge < -0.3 is 9.47 Å². The third-order valence-electron chi connectivity index (χ3n) is 5.65. The number of nitrogens with one attached hydrogen (secondary N) is 1. The number of nitrogens with two attached hydrogens (primary N) is 1. The Morgan fingerprint density at radius 1 is 1.14 bits per heavy atom. The molecule has 0 aromatic carbocycles. The molecule has 0 aliphatic carbocycles. The molecule has 0 bridgehead atoms. The Balaban J connectivity index is 1.57. The van der Waals surface area contributed by atoms with Crippen LogP contribution in [0.3, 0.4) is 0 Å². The predicted molar refractivity (Wildman–Crippen MR) is 87.2 cm³/mol. The summed E-state index contributed by atoms with van der Waals surface area (Å²) >= 11 is 2.10. The monoisotopic (exact) mass is 314 g/mol. The first-order chi connectivity index (χ1) is 10.3. The lowest BCUT2D eigenvalue weighted by molar-refractivity contribution is -0.150. The number of hydrogen-bond donors (Lipinski definition) is 2. The lowest BCUT2D eigenvalue weighted by Crippen LogP contribution is -2.51. The summed E-state index contributed by atoms with van der Waals surface area (Å²) in [6, 6.07) is 0.460. The molecule has 0 aromatic heterocycles. The zero-order valence-electron chi connectivity index (χ0n) is 13.0. The Labute approximate surface area is 132 Å². The van der Waals surface area contributed by atoms with Gasteiger partial charge in [0, 0.05) is 25.9 Å². The van der Waals surface area contributed by atoms with Crippen molar-refractivity contribution in [1.29, 1.82) is 0 Å². The van der Waals surface area contributed by atoms with E-state index in [1.807, 2.05) is 0 Å². The number of hydrazine groups is 1. The second-order valence-electron chi connectivity index (χ2n) is 6.96. The van der Waals surface area contributed by atoms with Gasteiger partial charge in [0.1, 0.15) is 0 Å². The first kappa shape index (κ1) is 16.1. The maximum atomic E-state index is 6.17. The van der Waals surface area contributed by atoms with Gasteiger partial charge in [-0.1, -0.05) is 0 Å². The zero-order valence-corrected chi connectivity index (χ0v) is 13.8. The fraction of sp³-hybridized carbons (Fsp3) is 1.00. The van der Waals surface area contributed by atoms with Gasteiger partial charge in [-0.15, -0.1) is 0 Å². The van der Waals surface area contributed by atoms with Crippen molar-refractivity contribution in [3.8, 4) is 0 Å². The molecule has 0 aromatic rings. The van der Waals surface area contributed by atoms with E-state index in [9.17, 15) is 0 Å². The molecule has 3 N–H and O–H groups in total. The van der Waals surface area contributed by atoms with E-state index >= 15 is 0 Å². The SMILES string of the molecule is NNC(CC1CCSCC1)C1CCOC2(CCOCC2)C1. The van der Waals surface area contributed by atoms with E-state index in [0.29, 0.717) is 12.0 Å². The molecule has 5 heteroatoms. The highest BCUT2D eigenvalue weighted by Crippen LogP contribution is 2.39. The molecule has 1 spiro atoms. The summed E-state index contributed by atoms with van der Waals surface area (Å²) in [6.45, 7) is 2.60. The summed E-state index contributed by atoms with van der Waals surface area (Å²) in [5.74, 6) is 10.1. The summed E-state index contributed by atoms with van der Waals surface area (Å²) in [5, 5.41) is 0. The summed E-state index contributed by atoms with van der Waals surface area (Å²) in [7, 11) is 0. The van der Waals surface area contributed by atoms with Crippen molar-refractivity contribution >= 4 is 11.8 Å². The standard InChI is InChI=1S/C16H30N2O2S/c17-18-15(11-13-2-9-21-10-3-13)14-1-6-20-16(12-14)4-7-19-8-5-16/h13-15,18H,1-12,17H2. The summed E-state index contributed by atoms with van der Waals surface area (Å²) in [6.07, 6.45) is 8.40. The van der Waals surface area contributed by atoms with E-state index in [2.05, 4.69) is 17.2 Å². The Kier molecular flexibility index (Phi) is 5.85. The van der Waals surface area contributed by atoms with E-state index in [1.54, 1.807) is 0 Å². The highest BCUT2D eigenvalue weighted by Gasteiger charge is 2.41. The molecule has 0 radical (unpaired) electrons. The van der Waals surface area contributed by atoms with Crippen LogP contribution in [0.4, 0.5) is 0 Å². The average molecular weight is 314 g/mol. The molecule has 3 saturated heterocycles. The molecule has 2 atom stereocenters. The van der Waals surface area contributed by atoms with Crippen molar-refractivity contribution in [3.05, 3.63) is 0 Å². The van der Waals surface area contributed by atoms with Crippen molar-refractivity contribution in [2.24, 2.45) is 17.7 Å². The van der Waals surface area contributed by atoms with Gasteiger partial charge in [-0.05, 0) is 68.3 Å². The Morgan fingerprint density at radius 2 is 1.90 bits per heavy atom. The van der Waals surface area contributed by atoms with Crippen LogP contribution in [-0.4, -0.2) is 43.0 Å². The van der Waals surface area contributed by atoms with Crippen LogP contribution in [0.1, 0.15) is 44.9 Å². The minimum Gasteiger partial charge on any atom is -0.381 e. The predicted octanol–water partition coefficient (Wildman–Crippen LogP) is 2.33. The lowest BCUT2D eigenvalue weighted by Gasteiger charge is -2.45. The van der Waals surface area contributed by atoms with Crippen molar-refractivity contribution in [2.75, 3.05) is 31.3 Å². The van der Waals surface area contributed by atoms with Gasteiger partial charge in [0.25, 0.3) is 0 Å². The molecule has 2 unspecified atom stereocenters. The van der Waals surface area contributed by atoms with E-state index in [1.165, 1.54) is 30.8 Å². The second-order valence-corrected chi connectivity index (χ2v) is 8.19. The van der Waals surface area contributed by atoms with E-state index in [-0.39, 0.29) is 5.60 Å². The molecule has 21 heavy (non-hydrogen) atoms. The van der Waals surface area contributed by atoms with Gasteiger partial charge in [-0.25, -0.2) is 0 Å². The first-order valence-corrected chi connectivity index (χ1v) is 9.72. The molecule has 0 amide bonds. The Morgan fingerprint density at radius 3 is 2.62 bits per heavy atom. The molecular weight excluding hydrogens is 284 g/mol. The minimum atomic E-state index is 0.0820. The Hall–Kier alpha value is 0.190. The van der Waals surface area contributed by atoms with Gasteiger partial charge in [0.05, 0.1) is 5.60 Å². The van der Waals surface area contributed by atoms with Crippen LogP contribution in [0.25, 0.3) is 0 Å². The molecule has 3 heterocycles. The molecular formula is C16H30N2O2S. The fourth-order valence-corrected chi connectivity index (χ4v) is 5.44. The van der Waals surface area contributed by atoms with Crippen LogP contribution in [0.15, 0.2) is 0 Å².